The van der Waals surface area contributed by atoms with Gasteiger partial charge in [-0.1, -0.05) is 23.7 Å². The molecule has 0 aromatic heterocycles. The fraction of sp³-hybridized carbons (Fsp3) is 0.462. The first-order valence-corrected chi connectivity index (χ1v) is 6.61. The lowest BCUT2D eigenvalue weighted by Crippen LogP contribution is -2.40. The SMILES string of the molecule is CNC1CNC(C(=O)NCc2cccc(Cl)c2F)C1. The van der Waals surface area contributed by atoms with Crippen molar-refractivity contribution in [3.05, 3.63) is 34.6 Å². The van der Waals surface area contributed by atoms with E-state index in [2.05, 4.69) is 16.0 Å². The summed E-state index contributed by atoms with van der Waals surface area (Å²) in [6.07, 6.45) is 0.736. The van der Waals surface area contributed by atoms with E-state index in [1.165, 1.54) is 6.07 Å². The van der Waals surface area contributed by atoms with Crippen LogP contribution in [-0.4, -0.2) is 31.6 Å². The Morgan fingerprint density at radius 3 is 3.05 bits per heavy atom. The van der Waals surface area contributed by atoms with Crippen molar-refractivity contribution in [2.75, 3.05) is 13.6 Å². The molecule has 3 N–H and O–H groups in total. The topological polar surface area (TPSA) is 53.2 Å². The third-order valence-corrected chi connectivity index (χ3v) is 3.63. The molecule has 1 aliphatic rings. The molecule has 0 bridgehead atoms. The van der Waals surface area contributed by atoms with Gasteiger partial charge in [0.1, 0.15) is 5.82 Å². The standard InChI is InChI=1S/C13H17ClFN3O/c1-16-9-5-11(17-7-9)13(19)18-6-8-3-2-4-10(14)12(8)15/h2-4,9,11,16-17H,5-7H2,1H3,(H,18,19). The van der Waals surface area contributed by atoms with Crippen molar-refractivity contribution in [2.45, 2.75) is 25.0 Å². The number of amides is 1. The van der Waals surface area contributed by atoms with Crippen molar-refractivity contribution < 1.29 is 9.18 Å². The molecule has 0 spiro atoms. The van der Waals surface area contributed by atoms with Crippen molar-refractivity contribution in [3.8, 4) is 0 Å². The van der Waals surface area contributed by atoms with E-state index in [1.807, 2.05) is 7.05 Å². The lowest BCUT2D eigenvalue weighted by molar-refractivity contribution is -0.123. The van der Waals surface area contributed by atoms with Crippen molar-refractivity contribution >= 4 is 17.5 Å². The fourth-order valence-electron chi connectivity index (χ4n) is 2.15. The second kappa shape index (κ2) is 6.32. The lowest BCUT2D eigenvalue weighted by Gasteiger charge is -2.12. The van der Waals surface area contributed by atoms with Gasteiger partial charge < -0.3 is 16.0 Å². The van der Waals surface area contributed by atoms with E-state index < -0.39 is 5.82 Å². The summed E-state index contributed by atoms with van der Waals surface area (Å²) in [6, 6.07) is 4.84. The van der Waals surface area contributed by atoms with Crippen LogP contribution in [0.1, 0.15) is 12.0 Å². The predicted octanol–water partition coefficient (Wildman–Crippen LogP) is 1.05. The molecule has 1 aliphatic heterocycles. The van der Waals surface area contributed by atoms with Crippen molar-refractivity contribution in [2.24, 2.45) is 0 Å². The minimum atomic E-state index is -0.475. The predicted molar refractivity (Wildman–Crippen MR) is 72.5 cm³/mol. The number of likely N-dealkylation sites (N-methyl/N-ethyl adjacent to an activating group) is 1. The highest BCUT2D eigenvalue weighted by atomic mass is 35.5. The zero-order valence-corrected chi connectivity index (χ0v) is 11.4. The summed E-state index contributed by atoms with van der Waals surface area (Å²) in [7, 11) is 1.87. The van der Waals surface area contributed by atoms with Crippen molar-refractivity contribution in [3.63, 3.8) is 0 Å². The molecule has 1 fully saturated rings. The highest BCUT2D eigenvalue weighted by Crippen LogP contribution is 2.17. The summed E-state index contributed by atoms with van der Waals surface area (Å²) < 4.78 is 13.6. The Kier molecular flexibility index (Phi) is 4.74. The van der Waals surface area contributed by atoms with Crippen molar-refractivity contribution in [1.29, 1.82) is 0 Å². The molecule has 19 heavy (non-hydrogen) atoms. The molecule has 2 unspecified atom stereocenters. The molecule has 2 rings (SSSR count). The van der Waals surface area contributed by atoms with E-state index in [0.29, 0.717) is 11.6 Å². The summed E-state index contributed by atoms with van der Waals surface area (Å²) in [4.78, 5) is 11.9. The van der Waals surface area contributed by atoms with E-state index in [0.717, 1.165) is 13.0 Å². The van der Waals surface area contributed by atoms with Crippen LogP contribution in [0.5, 0.6) is 0 Å². The highest BCUT2D eigenvalue weighted by Gasteiger charge is 2.28. The first-order chi connectivity index (χ1) is 9.11. The summed E-state index contributed by atoms with van der Waals surface area (Å²) in [5, 5.41) is 9.04. The molecule has 1 saturated heterocycles. The van der Waals surface area contributed by atoms with Gasteiger partial charge in [-0.15, -0.1) is 0 Å². The third kappa shape index (κ3) is 3.43. The minimum Gasteiger partial charge on any atom is -0.351 e. The van der Waals surface area contributed by atoms with Crippen LogP contribution in [0.2, 0.25) is 5.02 Å². The molecule has 2 atom stereocenters. The Morgan fingerprint density at radius 2 is 2.37 bits per heavy atom. The molecule has 1 amide bonds. The van der Waals surface area contributed by atoms with Crippen molar-refractivity contribution in [1.82, 2.24) is 16.0 Å². The van der Waals surface area contributed by atoms with Crippen LogP contribution < -0.4 is 16.0 Å². The average molecular weight is 286 g/mol. The van der Waals surface area contributed by atoms with Gasteiger partial charge in [0.25, 0.3) is 0 Å². The van der Waals surface area contributed by atoms with E-state index in [9.17, 15) is 9.18 Å². The van der Waals surface area contributed by atoms with Crippen LogP contribution in [0.3, 0.4) is 0 Å². The average Bonchev–Trinajstić information content (AvgIpc) is 2.89. The molecule has 0 saturated carbocycles. The molecule has 1 aromatic carbocycles. The Balaban J connectivity index is 1.89. The van der Waals surface area contributed by atoms with Gasteiger partial charge in [-0.05, 0) is 19.5 Å². The Hall–Kier alpha value is -1.17. The van der Waals surface area contributed by atoms with Crippen LogP contribution in [0.25, 0.3) is 0 Å². The Bertz CT molecular complexity index is 469. The van der Waals surface area contributed by atoms with Gasteiger partial charge in [0.2, 0.25) is 5.91 Å². The van der Waals surface area contributed by atoms with Crippen LogP contribution in [0, 0.1) is 5.82 Å². The molecular weight excluding hydrogens is 269 g/mol. The first kappa shape index (κ1) is 14.2. The Morgan fingerprint density at radius 1 is 1.58 bits per heavy atom. The number of carbonyl (C=O) groups is 1. The fourth-order valence-corrected chi connectivity index (χ4v) is 2.34. The van der Waals surface area contributed by atoms with Gasteiger partial charge >= 0.3 is 0 Å². The maximum atomic E-state index is 13.6. The summed E-state index contributed by atoms with van der Waals surface area (Å²) in [5.41, 5.74) is 0.393. The molecule has 1 heterocycles. The molecule has 6 heteroatoms. The third-order valence-electron chi connectivity index (χ3n) is 3.34. The summed E-state index contributed by atoms with van der Waals surface area (Å²) >= 11 is 5.69. The van der Waals surface area contributed by atoms with Gasteiger partial charge in [-0.25, -0.2) is 4.39 Å². The van der Waals surface area contributed by atoms with Gasteiger partial charge in [0, 0.05) is 24.7 Å². The number of hydrogen-bond donors (Lipinski definition) is 3. The van der Waals surface area contributed by atoms with E-state index in [4.69, 9.17) is 11.6 Å². The molecule has 104 valence electrons. The van der Waals surface area contributed by atoms with Crippen LogP contribution in [0.15, 0.2) is 18.2 Å². The summed E-state index contributed by atoms with van der Waals surface area (Å²) in [6.45, 7) is 0.910. The smallest absolute Gasteiger partial charge is 0.237 e. The van der Waals surface area contributed by atoms with Crippen LogP contribution in [-0.2, 0) is 11.3 Å². The maximum Gasteiger partial charge on any atom is 0.237 e. The summed E-state index contributed by atoms with van der Waals surface area (Å²) in [5.74, 6) is -0.589. The lowest BCUT2D eigenvalue weighted by atomic mass is 10.1. The van der Waals surface area contributed by atoms with Crippen LogP contribution in [0.4, 0.5) is 4.39 Å². The number of nitrogens with one attached hydrogen (secondary N) is 3. The number of benzene rings is 1. The van der Waals surface area contributed by atoms with E-state index >= 15 is 0 Å². The number of halogens is 2. The second-order valence-corrected chi connectivity index (χ2v) is 5.02. The van der Waals surface area contributed by atoms with Gasteiger partial charge in [-0.3, -0.25) is 4.79 Å². The normalized spacial score (nSPS) is 22.5. The van der Waals surface area contributed by atoms with E-state index in [1.54, 1.807) is 12.1 Å². The molecule has 0 aliphatic carbocycles. The molecular formula is C13H17ClFN3O. The maximum absolute atomic E-state index is 13.6. The minimum absolute atomic E-state index is 0.0704. The zero-order valence-electron chi connectivity index (χ0n) is 10.7. The van der Waals surface area contributed by atoms with E-state index in [-0.39, 0.29) is 23.5 Å². The van der Waals surface area contributed by atoms with Gasteiger partial charge in [0.15, 0.2) is 0 Å². The monoisotopic (exact) mass is 285 g/mol. The van der Waals surface area contributed by atoms with Gasteiger partial charge in [0.05, 0.1) is 11.1 Å². The molecule has 1 aromatic rings. The molecule has 4 nitrogen and oxygen atoms in total. The number of hydrogen-bond acceptors (Lipinski definition) is 3. The Labute approximate surface area is 116 Å². The highest BCUT2D eigenvalue weighted by molar-refractivity contribution is 6.30. The van der Waals surface area contributed by atoms with Gasteiger partial charge in [-0.2, -0.15) is 0 Å². The van der Waals surface area contributed by atoms with Crippen LogP contribution >= 0.6 is 11.6 Å². The second-order valence-electron chi connectivity index (χ2n) is 4.61. The number of carbonyl (C=O) groups excluding carboxylic acids is 1. The number of rotatable bonds is 4. The quantitative estimate of drug-likeness (QED) is 0.775. The zero-order chi connectivity index (χ0) is 13.8. The molecule has 0 radical (unpaired) electrons. The largest absolute Gasteiger partial charge is 0.351 e. The first-order valence-electron chi connectivity index (χ1n) is 6.23.